The minimum atomic E-state index is 0.660. The highest BCUT2D eigenvalue weighted by Crippen LogP contribution is 2.27. The lowest BCUT2D eigenvalue weighted by Crippen LogP contribution is -2.46. The fourth-order valence-corrected chi connectivity index (χ4v) is 2.94. The summed E-state index contributed by atoms with van der Waals surface area (Å²) in [4.78, 5) is 2.56. The predicted octanol–water partition coefficient (Wildman–Crippen LogP) is 2.88. The highest BCUT2D eigenvalue weighted by molar-refractivity contribution is 5.59. The lowest BCUT2D eigenvalue weighted by molar-refractivity contribution is 0.431. The molecule has 1 aromatic rings. The van der Waals surface area contributed by atoms with Crippen LogP contribution in [0.15, 0.2) is 18.2 Å². The summed E-state index contributed by atoms with van der Waals surface area (Å²) in [6.45, 7) is 10.1. The maximum absolute atomic E-state index is 3.58. The third kappa shape index (κ3) is 2.81. The molecule has 1 aromatic carbocycles. The van der Waals surface area contributed by atoms with E-state index >= 15 is 0 Å². The van der Waals surface area contributed by atoms with Crippen LogP contribution in [-0.4, -0.2) is 25.7 Å². The molecule has 1 unspecified atom stereocenters. The molecule has 1 aliphatic rings. The summed E-state index contributed by atoms with van der Waals surface area (Å²) in [5.74, 6) is 0. The van der Waals surface area contributed by atoms with Crippen molar-refractivity contribution in [1.29, 1.82) is 0 Å². The van der Waals surface area contributed by atoms with E-state index in [9.17, 15) is 0 Å². The monoisotopic (exact) mass is 232 g/mol. The second-order valence-electron chi connectivity index (χ2n) is 5.08. The summed E-state index contributed by atoms with van der Waals surface area (Å²) in [5.41, 5.74) is 4.26. The van der Waals surface area contributed by atoms with E-state index in [1.165, 1.54) is 36.2 Å². The van der Waals surface area contributed by atoms with Crippen molar-refractivity contribution in [3.05, 3.63) is 29.3 Å². The van der Waals surface area contributed by atoms with Gasteiger partial charge < -0.3 is 10.2 Å². The summed E-state index contributed by atoms with van der Waals surface area (Å²) in [5, 5.41) is 3.58. The van der Waals surface area contributed by atoms with E-state index in [0.29, 0.717) is 6.04 Å². The summed E-state index contributed by atoms with van der Waals surface area (Å²) in [6, 6.07) is 7.26. The predicted molar refractivity (Wildman–Crippen MR) is 74.8 cm³/mol. The van der Waals surface area contributed by atoms with Crippen LogP contribution in [0.2, 0.25) is 0 Å². The van der Waals surface area contributed by atoms with Gasteiger partial charge in [-0.15, -0.1) is 0 Å². The van der Waals surface area contributed by atoms with Crippen molar-refractivity contribution in [1.82, 2.24) is 5.32 Å². The molecule has 0 radical (unpaired) electrons. The van der Waals surface area contributed by atoms with E-state index in [0.717, 1.165) is 13.1 Å². The molecule has 0 spiro atoms. The SMILES string of the molecule is CCNC1CCCN(c2c(C)cccc2C)C1. The van der Waals surface area contributed by atoms with Crippen molar-refractivity contribution in [2.45, 2.75) is 39.7 Å². The molecule has 0 aromatic heterocycles. The van der Waals surface area contributed by atoms with Gasteiger partial charge in [-0.3, -0.25) is 0 Å². The van der Waals surface area contributed by atoms with E-state index in [-0.39, 0.29) is 0 Å². The third-order valence-electron chi connectivity index (χ3n) is 3.67. The average Bonchev–Trinajstić information content (AvgIpc) is 2.30. The smallest absolute Gasteiger partial charge is 0.0426 e. The molecule has 0 aliphatic carbocycles. The zero-order valence-corrected chi connectivity index (χ0v) is 11.3. The van der Waals surface area contributed by atoms with Crippen LogP contribution in [0.3, 0.4) is 0 Å². The molecule has 1 aliphatic heterocycles. The fourth-order valence-electron chi connectivity index (χ4n) is 2.94. The van der Waals surface area contributed by atoms with Crippen LogP contribution in [0, 0.1) is 13.8 Å². The fraction of sp³-hybridized carbons (Fsp3) is 0.600. The number of hydrogen-bond acceptors (Lipinski definition) is 2. The van der Waals surface area contributed by atoms with Gasteiger partial charge in [-0.05, 0) is 44.4 Å². The number of anilines is 1. The van der Waals surface area contributed by atoms with Crippen molar-refractivity contribution in [2.75, 3.05) is 24.5 Å². The van der Waals surface area contributed by atoms with Crippen LogP contribution >= 0.6 is 0 Å². The first-order chi connectivity index (χ1) is 8.22. The van der Waals surface area contributed by atoms with Crippen molar-refractivity contribution in [3.63, 3.8) is 0 Å². The second kappa shape index (κ2) is 5.54. The van der Waals surface area contributed by atoms with Gasteiger partial charge in [0.15, 0.2) is 0 Å². The number of likely N-dealkylation sites (N-methyl/N-ethyl adjacent to an activating group) is 1. The largest absolute Gasteiger partial charge is 0.370 e. The van der Waals surface area contributed by atoms with Gasteiger partial charge in [0.2, 0.25) is 0 Å². The van der Waals surface area contributed by atoms with Crippen LogP contribution in [0.1, 0.15) is 30.9 Å². The lowest BCUT2D eigenvalue weighted by atomic mass is 10.0. The Labute approximate surface area is 105 Å². The first-order valence-corrected chi connectivity index (χ1v) is 6.77. The van der Waals surface area contributed by atoms with Crippen LogP contribution < -0.4 is 10.2 Å². The van der Waals surface area contributed by atoms with Crippen LogP contribution in [0.25, 0.3) is 0 Å². The van der Waals surface area contributed by atoms with Gasteiger partial charge in [-0.2, -0.15) is 0 Å². The molecule has 0 saturated carbocycles. The molecule has 1 heterocycles. The summed E-state index contributed by atoms with van der Waals surface area (Å²) < 4.78 is 0. The standard InChI is InChI=1S/C15H24N2/c1-4-16-14-9-6-10-17(11-14)15-12(2)7-5-8-13(15)3/h5,7-8,14,16H,4,6,9-11H2,1-3H3. The van der Waals surface area contributed by atoms with Crippen LogP contribution in [0.4, 0.5) is 5.69 Å². The maximum atomic E-state index is 3.58. The van der Waals surface area contributed by atoms with E-state index in [2.05, 4.69) is 49.2 Å². The van der Waals surface area contributed by atoms with Crippen LogP contribution in [-0.2, 0) is 0 Å². The highest BCUT2D eigenvalue weighted by Gasteiger charge is 2.21. The minimum Gasteiger partial charge on any atom is -0.370 e. The molecule has 94 valence electrons. The van der Waals surface area contributed by atoms with Gasteiger partial charge in [-0.1, -0.05) is 25.1 Å². The second-order valence-corrected chi connectivity index (χ2v) is 5.08. The molecule has 1 saturated heterocycles. The quantitative estimate of drug-likeness (QED) is 0.862. The molecule has 2 rings (SSSR count). The summed E-state index contributed by atoms with van der Waals surface area (Å²) in [7, 11) is 0. The third-order valence-corrected chi connectivity index (χ3v) is 3.67. The Hall–Kier alpha value is -1.02. The van der Waals surface area contributed by atoms with Crippen LogP contribution in [0.5, 0.6) is 0 Å². The van der Waals surface area contributed by atoms with Gasteiger partial charge in [0.25, 0.3) is 0 Å². The van der Waals surface area contributed by atoms with E-state index in [4.69, 9.17) is 0 Å². The van der Waals surface area contributed by atoms with Gasteiger partial charge >= 0.3 is 0 Å². The number of rotatable bonds is 3. The highest BCUT2D eigenvalue weighted by atomic mass is 15.2. The molecule has 1 N–H and O–H groups in total. The number of piperidine rings is 1. The number of para-hydroxylation sites is 1. The number of nitrogens with zero attached hydrogens (tertiary/aromatic N) is 1. The first-order valence-electron chi connectivity index (χ1n) is 6.77. The molecule has 1 atom stereocenters. The van der Waals surface area contributed by atoms with E-state index in [1.54, 1.807) is 0 Å². The Morgan fingerprint density at radius 1 is 1.29 bits per heavy atom. The molecule has 2 heteroatoms. The summed E-state index contributed by atoms with van der Waals surface area (Å²) >= 11 is 0. The van der Waals surface area contributed by atoms with Gasteiger partial charge in [0, 0.05) is 24.8 Å². The number of aryl methyl sites for hydroxylation is 2. The van der Waals surface area contributed by atoms with Crippen molar-refractivity contribution < 1.29 is 0 Å². The van der Waals surface area contributed by atoms with E-state index in [1.807, 2.05) is 0 Å². The normalized spacial score (nSPS) is 20.6. The average molecular weight is 232 g/mol. The van der Waals surface area contributed by atoms with E-state index < -0.39 is 0 Å². The topological polar surface area (TPSA) is 15.3 Å². The molecule has 0 bridgehead atoms. The van der Waals surface area contributed by atoms with Crippen molar-refractivity contribution in [3.8, 4) is 0 Å². The maximum Gasteiger partial charge on any atom is 0.0426 e. The molecular formula is C15H24N2. The Bertz CT molecular complexity index is 351. The Kier molecular flexibility index (Phi) is 4.06. The molecule has 0 amide bonds. The van der Waals surface area contributed by atoms with Crippen molar-refractivity contribution in [2.24, 2.45) is 0 Å². The number of nitrogens with one attached hydrogen (secondary N) is 1. The van der Waals surface area contributed by atoms with Crippen molar-refractivity contribution >= 4 is 5.69 Å². The molecule has 17 heavy (non-hydrogen) atoms. The number of benzene rings is 1. The summed E-state index contributed by atoms with van der Waals surface area (Å²) in [6.07, 6.45) is 2.61. The molecule has 2 nitrogen and oxygen atoms in total. The molecular weight excluding hydrogens is 208 g/mol. The molecule has 1 fully saturated rings. The first kappa shape index (κ1) is 12.4. The zero-order valence-electron chi connectivity index (χ0n) is 11.3. The van der Waals surface area contributed by atoms with Gasteiger partial charge in [0.05, 0.1) is 0 Å². The van der Waals surface area contributed by atoms with Gasteiger partial charge in [0.1, 0.15) is 0 Å². The number of hydrogen-bond donors (Lipinski definition) is 1. The lowest BCUT2D eigenvalue weighted by Gasteiger charge is -2.36. The van der Waals surface area contributed by atoms with Gasteiger partial charge in [-0.25, -0.2) is 0 Å². The zero-order chi connectivity index (χ0) is 12.3. The Morgan fingerprint density at radius 2 is 2.00 bits per heavy atom. The minimum absolute atomic E-state index is 0.660. The Morgan fingerprint density at radius 3 is 2.65 bits per heavy atom. The Balaban J connectivity index is 2.16.